The van der Waals surface area contributed by atoms with Crippen LogP contribution in [0.3, 0.4) is 0 Å². The smallest absolute Gasteiger partial charge is 0.0278 e. The van der Waals surface area contributed by atoms with Crippen LogP contribution in [0.5, 0.6) is 0 Å². The third-order valence-electron chi connectivity index (χ3n) is 4.29. The number of nitrogens with zero attached hydrogens (tertiary/aromatic N) is 2. The SMILES string of the molecule is CN1CCN(C(C)(C)CNC2CCC2)CC1. The molecule has 0 spiro atoms. The lowest BCUT2D eigenvalue weighted by Gasteiger charge is -2.44. The van der Waals surface area contributed by atoms with Crippen LogP contribution in [0.2, 0.25) is 0 Å². The predicted octanol–water partition coefficient (Wildman–Crippen LogP) is 1.15. The largest absolute Gasteiger partial charge is 0.312 e. The zero-order valence-corrected chi connectivity index (χ0v) is 11.1. The van der Waals surface area contributed by atoms with Crippen LogP contribution in [-0.4, -0.2) is 61.2 Å². The highest BCUT2D eigenvalue weighted by Gasteiger charge is 2.30. The van der Waals surface area contributed by atoms with Crippen LogP contribution in [0, 0.1) is 0 Å². The van der Waals surface area contributed by atoms with Crippen molar-refractivity contribution in [3.63, 3.8) is 0 Å². The molecule has 0 amide bonds. The van der Waals surface area contributed by atoms with E-state index in [0.717, 1.165) is 12.6 Å². The summed E-state index contributed by atoms with van der Waals surface area (Å²) < 4.78 is 0. The van der Waals surface area contributed by atoms with Crippen molar-refractivity contribution < 1.29 is 0 Å². The van der Waals surface area contributed by atoms with Crippen LogP contribution in [0.1, 0.15) is 33.1 Å². The summed E-state index contributed by atoms with van der Waals surface area (Å²) in [6.07, 6.45) is 4.20. The van der Waals surface area contributed by atoms with Crippen molar-refractivity contribution in [3.8, 4) is 0 Å². The van der Waals surface area contributed by atoms with Crippen molar-refractivity contribution in [2.45, 2.75) is 44.7 Å². The van der Waals surface area contributed by atoms with Crippen LogP contribution in [0.25, 0.3) is 0 Å². The number of rotatable bonds is 4. The fourth-order valence-corrected chi connectivity index (χ4v) is 2.53. The van der Waals surface area contributed by atoms with E-state index in [4.69, 9.17) is 0 Å². The molecule has 2 aliphatic rings. The van der Waals surface area contributed by atoms with Gasteiger partial charge >= 0.3 is 0 Å². The van der Waals surface area contributed by atoms with Crippen molar-refractivity contribution in [1.82, 2.24) is 15.1 Å². The molecule has 0 atom stereocenters. The molecule has 1 N–H and O–H groups in total. The minimum Gasteiger partial charge on any atom is -0.312 e. The maximum atomic E-state index is 3.71. The van der Waals surface area contributed by atoms with Gasteiger partial charge in [-0.25, -0.2) is 0 Å². The zero-order valence-electron chi connectivity index (χ0n) is 11.1. The van der Waals surface area contributed by atoms with Gasteiger partial charge in [-0.15, -0.1) is 0 Å². The fraction of sp³-hybridized carbons (Fsp3) is 1.00. The molecule has 0 bridgehead atoms. The average molecular weight is 225 g/mol. The first-order chi connectivity index (χ1) is 7.58. The molecular weight excluding hydrogens is 198 g/mol. The monoisotopic (exact) mass is 225 g/mol. The molecule has 0 unspecified atom stereocenters. The summed E-state index contributed by atoms with van der Waals surface area (Å²) in [7, 11) is 2.22. The van der Waals surface area contributed by atoms with Crippen molar-refractivity contribution in [3.05, 3.63) is 0 Å². The average Bonchev–Trinajstić information content (AvgIpc) is 2.15. The Morgan fingerprint density at radius 3 is 2.25 bits per heavy atom. The van der Waals surface area contributed by atoms with E-state index < -0.39 is 0 Å². The van der Waals surface area contributed by atoms with Gasteiger partial charge in [0.1, 0.15) is 0 Å². The molecule has 1 saturated carbocycles. The molecule has 1 aliphatic heterocycles. The summed E-state index contributed by atoms with van der Waals surface area (Å²) in [5.74, 6) is 0. The minimum atomic E-state index is 0.316. The minimum absolute atomic E-state index is 0.316. The maximum absolute atomic E-state index is 3.71. The summed E-state index contributed by atoms with van der Waals surface area (Å²) in [6, 6.07) is 0.812. The van der Waals surface area contributed by atoms with Crippen LogP contribution in [-0.2, 0) is 0 Å². The third kappa shape index (κ3) is 2.96. The summed E-state index contributed by atoms with van der Waals surface area (Å²) >= 11 is 0. The summed E-state index contributed by atoms with van der Waals surface area (Å²) in [5, 5.41) is 3.71. The Morgan fingerprint density at radius 1 is 1.12 bits per heavy atom. The lowest BCUT2D eigenvalue weighted by atomic mass is 9.91. The van der Waals surface area contributed by atoms with Crippen molar-refractivity contribution >= 4 is 0 Å². The molecule has 0 aromatic rings. The van der Waals surface area contributed by atoms with Gasteiger partial charge in [0.15, 0.2) is 0 Å². The maximum Gasteiger partial charge on any atom is 0.0278 e. The van der Waals surface area contributed by atoms with Gasteiger partial charge in [0.2, 0.25) is 0 Å². The first-order valence-electron chi connectivity index (χ1n) is 6.75. The first-order valence-corrected chi connectivity index (χ1v) is 6.75. The Kier molecular flexibility index (Phi) is 3.88. The van der Waals surface area contributed by atoms with Crippen LogP contribution >= 0.6 is 0 Å². The van der Waals surface area contributed by atoms with Gasteiger partial charge in [0.05, 0.1) is 0 Å². The van der Waals surface area contributed by atoms with Gasteiger partial charge in [0, 0.05) is 44.3 Å². The van der Waals surface area contributed by atoms with Gasteiger partial charge in [-0.05, 0) is 33.7 Å². The highest BCUT2D eigenvalue weighted by atomic mass is 15.3. The Labute approximate surface area is 100 Å². The second-order valence-corrected chi connectivity index (χ2v) is 6.11. The lowest BCUT2D eigenvalue weighted by molar-refractivity contribution is 0.0580. The van der Waals surface area contributed by atoms with Crippen molar-refractivity contribution in [1.29, 1.82) is 0 Å². The van der Waals surface area contributed by atoms with E-state index in [1.165, 1.54) is 45.4 Å². The molecule has 0 radical (unpaired) electrons. The molecule has 0 aromatic heterocycles. The second-order valence-electron chi connectivity index (χ2n) is 6.11. The highest BCUT2D eigenvalue weighted by molar-refractivity contribution is 4.89. The topological polar surface area (TPSA) is 18.5 Å². The predicted molar refractivity (Wildman–Crippen MR) is 68.8 cm³/mol. The Balaban J connectivity index is 1.76. The molecule has 2 rings (SSSR count). The number of likely N-dealkylation sites (N-methyl/N-ethyl adjacent to an activating group) is 1. The summed E-state index contributed by atoms with van der Waals surface area (Å²) in [4.78, 5) is 5.06. The Morgan fingerprint density at radius 2 is 1.75 bits per heavy atom. The number of hydrogen-bond acceptors (Lipinski definition) is 3. The quantitative estimate of drug-likeness (QED) is 0.774. The van der Waals surface area contributed by atoms with Gasteiger partial charge < -0.3 is 10.2 Å². The molecular formula is C13H27N3. The normalized spacial score (nSPS) is 25.7. The summed E-state index contributed by atoms with van der Waals surface area (Å²) in [6.45, 7) is 10.8. The van der Waals surface area contributed by atoms with Gasteiger partial charge in [0.25, 0.3) is 0 Å². The fourth-order valence-electron chi connectivity index (χ4n) is 2.53. The van der Waals surface area contributed by atoms with E-state index in [2.05, 4.69) is 36.0 Å². The van der Waals surface area contributed by atoms with Crippen LogP contribution in [0.4, 0.5) is 0 Å². The molecule has 0 aromatic carbocycles. The standard InChI is InChI=1S/C13H27N3/c1-13(2,11-14-12-5-4-6-12)16-9-7-15(3)8-10-16/h12,14H,4-11H2,1-3H3. The molecule has 1 aliphatic carbocycles. The van der Waals surface area contributed by atoms with Gasteiger partial charge in [-0.1, -0.05) is 6.42 Å². The lowest BCUT2D eigenvalue weighted by Crippen LogP contribution is -2.58. The zero-order chi connectivity index (χ0) is 11.6. The molecule has 1 heterocycles. The summed E-state index contributed by atoms with van der Waals surface area (Å²) in [5.41, 5.74) is 0.316. The molecule has 2 fully saturated rings. The molecule has 1 saturated heterocycles. The van der Waals surface area contributed by atoms with Gasteiger partial charge in [-0.2, -0.15) is 0 Å². The number of nitrogens with one attached hydrogen (secondary N) is 1. The van der Waals surface area contributed by atoms with Crippen molar-refractivity contribution in [2.75, 3.05) is 39.8 Å². The second kappa shape index (κ2) is 5.03. The van der Waals surface area contributed by atoms with Gasteiger partial charge in [-0.3, -0.25) is 4.90 Å². The molecule has 3 heteroatoms. The number of hydrogen-bond donors (Lipinski definition) is 1. The highest BCUT2D eigenvalue weighted by Crippen LogP contribution is 2.21. The Bertz CT molecular complexity index is 215. The van der Waals surface area contributed by atoms with Crippen molar-refractivity contribution in [2.24, 2.45) is 0 Å². The van der Waals surface area contributed by atoms with E-state index in [1.807, 2.05) is 0 Å². The third-order valence-corrected chi connectivity index (χ3v) is 4.29. The van der Waals surface area contributed by atoms with E-state index in [0.29, 0.717) is 5.54 Å². The molecule has 3 nitrogen and oxygen atoms in total. The Hall–Kier alpha value is -0.120. The van der Waals surface area contributed by atoms with Crippen LogP contribution < -0.4 is 5.32 Å². The molecule has 16 heavy (non-hydrogen) atoms. The van der Waals surface area contributed by atoms with E-state index in [-0.39, 0.29) is 0 Å². The number of piperazine rings is 1. The molecule has 94 valence electrons. The van der Waals surface area contributed by atoms with E-state index >= 15 is 0 Å². The van der Waals surface area contributed by atoms with E-state index in [9.17, 15) is 0 Å². The van der Waals surface area contributed by atoms with Crippen LogP contribution in [0.15, 0.2) is 0 Å². The van der Waals surface area contributed by atoms with E-state index in [1.54, 1.807) is 0 Å². The first kappa shape index (κ1) is 12.3.